The maximum atomic E-state index is 5.96. The Balaban J connectivity index is 2.40. The number of aromatic nitrogens is 2. The van der Waals surface area contributed by atoms with Crippen LogP contribution in [0.1, 0.15) is 12.6 Å². The molecule has 1 atom stereocenters. The molecule has 0 fully saturated rings. The van der Waals surface area contributed by atoms with Crippen molar-refractivity contribution in [3.8, 4) is 0 Å². The maximum absolute atomic E-state index is 5.96. The van der Waals surface area contributed by atoms with Crippen molar-refractivity contribution in [2.24, 2.45) is 5.73 Å². The SMILES string of the molecule is COCCN(C)c1nc2ccccn2c1CC(C)N. The predicted molar refractivity (Wildman–Crippen MR) is 77.7 cm³/mol. The number of anilines is 1. The number of nitrogens with two attached hydrogens (primary N) is 1. The second-order valence-corrected chi connectivity index (χ2v) is 4.91. The first-order valence-corrected chi connectivity index (χ1v) is 6.55. The molecule has 2 aromatic rings. The van der Waals surface area contributed by atoms with Gasteiger partial charge in [-0.25, -0.2) is 4.98 Å². The normalized spacial score (nSPS) is 12.8. The smallest absolute Gasteiger partial charge is 0.151 e. The van der Waals surface area contributed by atoms with E-state index in [2.05, 4.69) is 9.30 Å². The van der Waals surface area contributed by atoms with Crippen LogP contribution in [0.4, 0.5) is 5.82 Å². The molecule has 2 aromatic heterocycles. The number of pyridine rings is 1. The average molecular weight is 262 g/mol. The molecule has 2 N–H and O–H groups in total. The molecule has 2 rings (SSSR count). The molecular weight excluding hydrogens is 240 g/mol. The summed E-state index contributed by atoms with van der Waals surface area (Å²) in [6, 6.07) is 6.13. The number of likely N-dealkylation sites (N-methyl/N-ethyl adjacent to an activating group) is 1. The quantitative estimate of drug-likeness (QED) is 0.852. The number of rotatable bonds is 6. The molecule has 19 heavy (non-hydrogen) atoms. The van der Waals surface area contributed by atoms with Crippen LogP contribution in [0.15, 0.2) is 24.4 Å². The minimum atomic E-state index is 0.106. The number of nitrogens with zero attached hydrogens (tertiary/aromatic N) is 3. The lowest BCUT2D eigenvalue weighted by atomic mass is 10.2. The topological polar surface area (TPSA) is 55.8 Å². The summed E-state index contributed by atoms with van der Waals surface area (Å²) >= 11 is 0. The number of methoxy groups -OCH3 is 1. The third-order valence-electron chi connectivity index (χ3n) is 3.12. The molecule has 0 saturated carbocycles. The van der Waals surface area contributed by atoms with Gasteiger partial charge in [0.2, 0.25) is 0 Å². The molecule has 1 unspecified atom stereocenters. The average Bonchev–Trinajstić information content (AvgIpc) is 2.74. The fraction of sp³-hybridized carbons (Fsp3) is 0.500. The summed E-state index contributed by atoms with van der Waals surface area (Å²) in [5.74, 6) is 0.987. The van der Waals surface area contributed by atoms with Crippen LogP contribution in [0, 0.1) is 0 Å². The van der Waals surface area contributed by atoms with E-state index >= 15 is 0 Å². The largest absolute Gasteiger partial charge is 0.383 e. The summed E-state index contributed by atoms with van der Waals surface area (Å²) in [6.45, 7) is 3.51. The Morgan fingerprint density at radius 1 is 1.47 bits per heavy atom. The fourth-order valence-corrected chi connectivity index (χ4v) is 2.17. The molecule has 0 spiro atoms. The van der Waals surface area contributed by atoms with Gasteiger partial charge in [0, 0.05) is 39.4 Å². The summed E-state index contributed by atoms with van der Waals surface area (Å²) in [7, 11) is 3.74. The van der Waals surface area contributed by atoms with Gasteiger partial charge >= 0.3 is 0 Å². The van der Waals surface area contributed by atoms with E-state index in [1.165, 1.54) is 0 Å². The molecule has 0 aliphatic heterocycles. The van der Waals surface area contributed by atoms with Gasteiger partial charge in [-0.3, -0.25) is 0 Å². The van der Waals surface area contributed by atoms with Gasteiger partial charge in [-0.05, 0) is 19.1 Å². The first-order valence-electron chi connectivity index (χ1n) is 6.55. The molecule has 5 heteroatoms. The van der Waals surface area contributed by atoms with Crippen LogP contribution in [0.25, 0.3) is 5.65 Å². The summed E-state index contributed by atoms with van der Waals surface area (Å²) in [5, 5.41) is 0. The van der Waals surface area contributed by atoms with E-state index in [1.54, 1.807) is 7.11 Å². The van der Waals surface area contributed by atoms with Gasteiger partial charge in [-0.1, -0.05) is 6.07 Å². The van der Waals surface area contributed by atoms with Gasteiger partial charge in [0.15, 0.2) is 5.82 Å². The number of hydrogen-bond acceptors (Lipinski definition) is 4. The number of hydrogen-bond donors (Lipinski definition) is 1. The van der Waals surface area contributed by atoms with Gasteiger partial charge in [0.25, 0.3) is 0 Å². The van der Waals surface area contributed by atoms with E-state index < -0.39 is 0 Å². The van der Waals surface area contributed by atoms with E-state index in [-0.39, 0.29) is 6.04 Å². The monoisotopic (exact) mass is 262 g/mol. The summed E-state index contributed by atoms with van der Waals surface area (Å²) in [4.78, 5) is 6.82. The van der Waals surface area contributed by atoms with E-state index in [4.69, 9.17) is 15.5 Å². The zero-order valence-electron chi connectivity index (χ0n) is 11.8. The predicted octanol–water partition coefficient (Wildman–Crippen LogP) is 1.31. The highest BCUT2D eigenvalue weighted by Crippen LogP contribution is 2.21. The van der Waals surface area contributed by atoms with Crippen LogP contribution in [0.5, 0.6) is 0 Å². The first kappa shape index (κ1) is 13.8. The van der Waals surface area contributed by atoms with Crippen molar-refractivity contribution >= 4 is 11.5 Å². The molecular formula is C14H22N4O. The maximum Gasteiger partial charge on any atom is 0.151 e. The summed E-state index contributed by atoms with van der Waals surface area (Å²) in [5.41, 5.74) is 8.07. The molecule has 0 aliphatic carbocycles. The number of fused-ring (bicyclic) bond motifs is 1. The highest BCUT2D eigenvalue weighted by atomic mass is 16.5. The third-order valence-corrected chi connectivity index (χ3v) is 3.12. The Labute approximate surface area is 114 Å². The molecule has 0 saturated heterocycles. The minimum absolute atomic E-state index is 0.106. The lowest BCUT2D eigenvalue weighted by Gasteiger charge is -2.18. The highest BCUT2D eigenvalue weighted by Gasteiger charge is 2.16. The minimum Gasteiger partial charge on any atom is -0.383 e. The molecule has 0 aromatic carbocycles. The van der Waals surface area contributed by atoms with Crippen LogP contribution in [0.3, 0.4) is 0 Å². The van der Waals surface area contributed by atoms with Crippen molar-refractivity contribution in [2.75, 3.05) is 32.2 Å². The molecule has 0 aliphatic rings. The van der Waals surface area contributed by atoms with Crippen LogP contribution < -0.4 is 10.6 Å². The Hall–Kier alpha value is -1.59. The zero-order valence-corrected chi connectivity index (χ0v) is 11.8. The second kappa shape index (κ2) is 6.04. The van der Waals surface area contributed by atoms with Crippen molar-refractivity contribution in [3.63, 3.8) is 0 Å². The van der Waals surface area contributed by atoms with Crippen LogP contribution in [0.2, 0.25) is 0 Å². The van der Waals surface area contributed by atoms with Gasteiger partial charge in [0.1, 0.15) is 5.65 Å². The van der Waals surface area contributed by atoms with E-state index in [0.29, 0.717) is 6.61 Å². The van der Waals surface area contributed by atoms with Crippen LogP contribution >= 0.6 is 0 Å². The molecule has 0 bridgehead atoms. The van der Waals surface area contributed by atoms with E-state index in [9.17, 15) is 0 Å². The standard InChI is InChI=1S/C14H22N4O/c1-11(15)10-12-14(17(2)8-9-19-3)16-13-6-4-5-7-18(12)13/h4-7,11H,8-10,15H2,1-3H3. The lowest BCUT2D eigenvalue weighted by molar-refractivity contribution is 0.206. The summed E-state index contributed by atoms with van der Waals surface area (Å²) < 4.78 is 7.24. The Morgan fingerprint density at radius 2 is 2.26 bits per heavy atom. The van der Waals surface area contributed by atoms with Crippen molar-refractivity contribution in [1.82, 2.24) is 9.38 Å². The Bertz CT molecular complexity index is 535. The van der Waals surface area contributed by atoms with E-state index in [0.717, 1.165) is 30.1 Å². The highest BCUT2D eigenvalue weighted by molar-refractivity contribution is 5.55. The molecule has 5 nitrogen and oxygen atoms in total. The second-order valence-electron chi connectivity index (χ2n) is 4.91. The van der Waals surface area contributed by atoms with Crippen molar-refractivity contribution in [2.45, 2.75) is 19.4 Å². The third kappa shape index (κ3) is 3.05. The van der Waals surface area contributed by atoms with Crippen LogP contribution in [-0.4, -0.2) is 42.7 Å². The van der Waals surface area contributed by atoms with E-state index in [1.807, 2.05) is 38.4 Å². The summed E-state index contributed by atoms with van der Waals surface area (Å²) in [6.07, 6.45) is 2.84. The van der Waals surface area contributed by atoms with Crippen LogP contribution in [-0.2, 0) is 11.2 Å². The number of ether oxygens (including phenoxy) is 1. The zero-order chi connectivity index (χ0) is 13.8. The fourth-order valence-electron chi connectivity index (χ4n) is 2.17. The van der Waals surface area contributed by atoms with Crippen molar-refractivity contribution in [1.29, 1.82) is 0 Å². The molecule has 2 heterocycles. The van der Waals surface area contributed by atoms with Crippen molar-refractivity contribution < 1.29 is 4.74 Å². The van der Waals surface area contributed by atoms with Gasteiger partial charge < -0.3 is 19.8 Å². The molecule has 104 valence electrons. The Kier molecular flexibility index (Phi) is 4.39. The first-order chi connectivity index (χ1) is 9.13. The molecule has 0 amide bonds. The number of imidazole rings is 1. The van der Waals surface area contributed by atoms with Gasteiger partial charge in [0.05, 0.1) is 12.3 Å². The van der Waals surface area contributed by atoms with Gasteiger partial charge in [-0.2, -0.15) is 0 Å². The molecule has 0 radical (unpaired) electrons. The Morgan fingerprint density at radius 3 is 2.95 bits per heavy atom. The van der Waals surface area contributed by atoms with Gasteiger partial charge in [-0.15, -0.1) is 0 Å². The lowest BCUT2D eigenvalue weighted by Crippen LogP contribution is -2.25. The van der Waals surface area contributed by atoms with Crippen molar-refractivity contribution in [3.05, 3.63) is 30.1 Å².